The number of carbonyl (C=O) groups excluding carboxylic acids is 1. The first-order valence-electron chi connectivity index (χ1n) is 7.17. The second-order valence-corrected chi connectivity index (χ2v) is 5.99. The molecule has 1 saturated heterocycles. The number of rotatable bonds is 2. The SMILES string of the molecule is COc1cccc(C2(O)CCC3CN(C(C)=O)CC32)c1. The topological polar surface area (TPSA) is 49.8 Å². The Hall–Kier alpha value is -1.55. The summed E-state index contributed by atoms with van der Waals surface area (Å²) in [7, 11) is 1.63. The molecule has 0 radical (unpaired) electrons. The van der Waals surface area contributed by atoms with Crippen molar-refractivity contribution in [1.29, 1.82) is 0 Å². The molecule has 3 atom stereocenters. The predicted octanol–water partition coefficient (Wildman–Crippen LogP) is 1.77. The van der Waals surface area contributed by atoms with Gasteiger partial charge in [-0.3, -0.25) is 4.79 Å². The number of ether oxygens (including phenoxy) is 1. The smallest absolute Gasteiger partial charge is 0.219 e. The second kappa shape index (κ2) is 4.77. The standard InChI is InChI=1S/C16H21NO3/c1-11(18)17-9-12-6-7-16(19,15(12)10-17)13-4-3-5-14(8-13)20-2/h3-5,8,12,15,19H,6-7,9-10H2,1-2H3. The van der Waals surface area contributed by atoms with Gasteiger partial charge in [-0.25, -0.2) is 0 Å². The molecule has 0 spiro atoms. The number of hydrogen-bond donors (Lipinski definition) is 1. The van der Waals surface area contributed by atoms with Gasteiger partial charge in [-0.15, -0.1) is 0 Å². The Morgan fingerprint density at radius 1 is 1.45 bits per heavy atom. The highest BCUT2D eigenvalue weighted by Gasteiger charge is 2.52. The highest BCUT2D eigenvalue weighted by atomic mass is 16.5. The van der Waals surface area contributed by atoms with Gasteiger partial charge >= 0.3 is 0 Å². The number of carbonyl (C=O) groups is 1. The maximum absolute atomic E-state index is 11.5. The van der Waals surface area contributed by atoms with E-state index in [0.29, 0.717) is 12.5 Å². The molecule has 1 N–H and O–H groups in total. The van der Waals surface area contributed by atoms with Crippen LogP contribution in [0.2, 0.25) is 0 Å². The highest BCUT2D eigenvalue weighted by Crippen LogP contribution is 2.50. The molecule has 108 valence electrons. The van der Waals surface area contributed by atoms with Crippen LogP contribution in [0.15, 0.2) is 24.3 Å². The number of likely N-dealkylation sites (tertiary alicyclic amines) is 1. The van der Waals surface area contributed by atoms with Crippen molar-refractivity contribution in [2.24, 2.45) is 11.8 Å². The number of methoxy groups -OCH3 is 1. The Balaban J connectivity index is 1.90. The van der Waals surface area contributed by atoms with Crippen LogP contribution >= 0.6 is 0 Å². The molecule has 4 nitrogen and oxygen atoms in total. The van der Waals surface area contributed by atoms with E-state index in [4.69, 9.17) is 4.74 Å². The lowest BCUT2D eigenvalue weighted by molar-refractivity contribution is -0.128. The molecule has 1 aliphatic heterocycles. The minimum atomic E-state index is -0.830. The van der Waals surface area contributed by atoms with E-state index in [1.807, 2.05) is 29.2 Å². The van der Waals surface area contributed by atoms with Gasteiger partial charge in [-0.2, -0.15) is 0 Å². The molecule has 1 amide bonds. The lowest BCUT2D eigenvalue weighted by Gasteiger charge is -2.30. The first kappa shape index (κ1) is 13.4. The Morgan fingerprint density at radius 3 is 2.95 bits per heavy atom. The Bertz CT molecular complexity index is 530. The number of nitrogens with zero attached hydrogens (tertiary/aromatic N) is 1. The third-order valence-corrected chi connectivity index (χ3v) is 4.97. The Morgan fingerprint density at radius 2 is 2.25 bits per heavy atom. The van der Waals surface area contributed by atoms with Crippen LogP contribution in [0.3, 0.4) is 0 Å². The average Bonchev–Trinajstić information content (AvgIpc) is 3.01. The quantitative estimate of drug-likeness (QED) is 0.895. The van der Waals surface area contributed by atoms with Gasteiger partial charge in [0.1, 0.15) is 5.75 Å². The fraction of sp³-hybridized carbons (Fsp3) is 0.562. The van der Waals surface area contributed by atoms with E-state index in [0.717, 1.165) is 30.7 Å². The Kier molecular flexibility index (Phi) is 3.21. The summed E-state index contributed by atoms with van der Waals surface area (Å²) in [5.41, 5.74) is 0.0819. The number of fused-ring (bicyclic) bond motifs is 1. The van der Waals surface area contributed by atoms with Crippen LogP contribution in [0.4, 0.5) is 0 Å². The van der Waals surface area contributed by atoms with Crippen LogP contribution in [0.5, 0.6) is 5.75 Å². The molecule has 1 aromatic carbocycles. The van der Waals surface area contributed by atoms with Crippen molar-refractivity contribution in [2.75, 3.05) is 20.2 Å². The number of amides is 1. The van der Waals surface area contributed by atoms with Crippen LogP contribution < -0.4 is 4.74 Å². The van der Waals surface area contributed by atoms with Crippen molar-refractivity contribution >= 4 is 5.91 Å². The summed E-state index contributed by atoms with van der Waals surface area (Å²) in [4.78, 5) is 13.4. The van der Waals surface area contributed by atoms with Gasteiger partial charge in [0.2, 0.25) is 5.91 Å². The summed E-state index contributed by atoms with van der Waals surface area (Å²) in [5, 5.41) is 11.2. The van der Waals surface area contributed by atoms with Gasteiger partial charge in [-0.1, -0.05) is 12.1 Å². The van der Waals surface area contributed by atoms with E-state index in [2.05, 4.69) is 0 Å². The van der Waals surface area contributed by atoms with E-state index in [9.17, 15) is 9.90 Å². The molecular formula is C16H21NO3. The van der Waals surface area contributed by atoms with Crippen LogP contribution in [0, 0.1) is 11.8 Å². The van der Waals surface area contributed by atoms with Crippen LogP contribution in [0.1, 0.15) is 25.3 Å². The number of benzene rings is 1. The normalized spacial score (nSPS) is 32.2. The zero-order valence-electron chi connectivity index (χ0n) is 12.0. The average molecular weight is 275 g/mol. The van der Waals surface area contributed by atoms with Crippen molar-refractivity contribution < 1.29 is 14.6 Å². The van der Waals surface area contributed by atoms with Crippen molar-refractivity contribution in [3.05, 3.63) is 29.8 Å². The van der Waals surface area contributed by atoms with Gasteiger partial charge in [-0.05, 0) is 36.5 Å². The molecule has 2 fully saturated rings. The van der Waals surface area contributed by atoms with E-state index in [1.165, 1.54) is 0 Å². The minimum Gasteiger partial charge on any atom is -0.497 e. The molecule has 0 aromatic heterocycles. The molecule has 1 aliphatic carbocycles. The zero-order valence-corrected chi connectivity index (χ0v) is 12.0. The summed E-state index contributed by atoms with van der Waals surface area (Å²) >= 11 is 0. The Labute approximate surface area is 119 Å². The second-order valence-electron chi connectivity index (χ2n) is 5.99. The molecule has 1 aromatic rings. The minimum absolute atomic E-state index is 0.104. The van der Waals surface area contributed by atoms with Gasteiger partial charge in [0.25, 0.3) is 0 Å². The number of hydrogen-bond acceptors (Lipinski definition) is 3. The van der Waals surface area contributed by atoms with Crippen molar-refractivity contribution in [3.63, 3.8) is 0 Å². The first-order valence-corrected chi connectivity index (χ1v) is 7.17. The van der Waals surface area contributed by atoms with Crippen molar-refractivity contribution in [1.82, 2.24) is 4.90 Å². The molecule has 4 heteroatoms. The first-order chi connectivity index (χ1) is 9.54. The lowest BCUT2D eigenvalue weighted by Crippen LogP contribution is -2.35. The van der Waals surface area contributed by atoms with Crippen LogP contribution in [-0.4, -0.2) is 36.1 Å². The van der Waals surface area contributed by atoms with E-state index in [-0.39, 0.29) is 11.8 Å². The van der Waals surface area contributed by atoms with Crippen molar-refractivity contribution in [3.8, 4) is 5.75 Å². The van der Waals surface area contributed by atoms with E-state index in [1.54, 1.807) is 14.0 Å². The maximum Gasteiger partial charge on any atom is 0.219 e. The summed E-state index contributed by atoms with van der Waals surface area (Å²) < 4.78 is 5.25. The van der Waals surface area contributed by atoms with Gasteiger partial charge in [0.05, 0.1) is 12.7 Å². The highest BCUT2D eigenvalue weighted by molar-refractivity contribution is 5.73. The monoisotopic (exact) mass is 275 g/mol. The van der Waals surface area contributed by atoms with Gasteiger partial charge in [0.15, 0.2) is 0 Å². The van der Waals surface area contributed by atoms with Crippen LogP contribution in [0.25, 0.3) is 0 Å². The third-order valence-electron chi connectivity index (χ3n) is 4.97. The summed E-state index contributed by atoms with van der Waals surface area (Å²) in [6.07, 6.45) is 1.74. The maximum atomic E-state index is 11.5. The third kappa shape index (κ3) is 1.99. The predicted molar refractivity (Wildman–Crippen MR) is 75.4 cm³/mol. The van der Waals surface area contributed by atoms with Crippen LogP contribution in [-0.2, 0) is 10.4 Å². The molecule has 1 heterocycles. The van der Waals surface area contributed by atoms with Gasteiger partial charge < -0.3 is 14.7 Å². The van der Waals surface area contributed by atoms with Gasteiger partial charge in [0, 0.05) is 25.9 Å². The summed E-state index contributed by atoms with van der Waals surface area (Å²) in [5.74, 6) is 1.42. The molecular weight excluding hydrogens is 254 g/mol. The lowest BCUT2D eigenvalue weighted by atomic mass is 9.82. The van der Waals surface area contributed by atoms with E-state index >= 15 is 0 Å². The zero-order chi connectivity index (χ0) is 14.3. The van der Waals surface area contributed by atoms with Crippen molar-refractivity contribution in [2.45, 2.75) is 25.4 Å². The molecule has 1 saturated carbocycles. The summed E-state index contributed by atoms with van der Waals surface area (Å²) in [6.45, 7) is 3.05. The fourth-order valence-electron chi connectivity index (χ4n) is 3.80. The number of aliphatic hydroxyl groups is 1. The fourth-order valence-corrected chi connectivity index (χ4v) is 3.80. The molecule has 20 heavy (non-hydrogen) atoms. The molecule has 2 aliphatic rings. The molecule has 3 rings (SSSR count). The summed E-state index contributed by atoms with van der Waals surface area (Å²) in [6, 6.07) is 7.67. The molecule has 0 bridgehead atoms. The van der Waals surface area contributed by atoms with E-state index < -0.39 is 5.60 Å². The molecule has 3 unspecified atom stereocenters. The largest absolute Gasteiger partial charge is 0.497 e.